The monoisotopic (exact) mass is 368 g/mol. The molecule has 0 radical (unpaired) electrons. The maximum Gasteiger partial charge on any atom is 0.332 e. The van der Waals surface area contributed by atoms with Gasteiger partial charge in [0, 0.05) is 32.3 Å². The first-order chi connectivity index (χ1) is 11.9. The van der Waals surface area contributed by atoms with Crippen molar-refractivity contribution in [3.63, 3.8) is 0 Å². The Bertz CT molecular complexity index is 845. The molecule has 8 nitrogen and oxygen atoms in total. The summed E-state index contributed by atoms with van der Waals surface area (Å²) >= 11 is 5.85. The second-order valence-electron chi connectivity index (χ2n) is 5.51. The number of anilines is 2. The van der Waals surface area contributed by atoms with Gasteiger partial charge in [-0.05, 0) is 24.1 Å². The molecule has 0 spiro atoms. The summed E-state index contributed by atoms with van der Waals surface area (Å²) in [5.41, 5.74) is -0.453. The summed E-state index contributed by atoms with van der Waals surface area (Å²) in [6.07, 6.45) is 0.260. The predicted octanol–water partition coefficient (Wildman–Crippen LogP) is 1.02. The van der Waals surface area contributed by atoms with Crippen LogP contribution in [-0.2, 0) is 20.1 Å². The first-order valence-corrected chi connectivity index (χ1v) is 8.11. The third-order valence-corrected chi connectivity index (χ3v) is 4.06. The van der Waals surface area contributed by atoms with Crippen LogP contribution in [0.3, 0.4) is 0 Å². The van der Waals surface area contributed by atoms with Crippen LogP contribution in [0.4, 0.5) is 11.5 Å². The fraction of sp³-hybridized carbons (Fsp3) is 0.375. The zero-order valence-electron chi connectivity index (χ0n) is 14.1. The van der Waals surface area contributed by atoms with Crippen LogP contribution in [0.15, 0.2) is 33.9 Å². The van der Waals surface area contributed by atoms with Crippen molar-refractivity contribution in [1.82, 2.24) is 9.13 Å². The summed E-state index contributed by atoms with van der Waals surface area (Å²) in [5.74, 6) is 0.201. The van der Waals surface area contributed by atoms with Crippen LogP contribution in [0.1, 0.15) is 12.0 Å². The Morgan fingerprint density at radius 3 is 2.44 bits per heavy atom. The van der Waals surface area contributed by atoms with E-state index in [0.29, 0.717) is 5.02 Å². The van der Waals surface area contributed by atoms with Crippen LogP contribution in [-0.4, -0.2) is 33.1 Å². The van der Waals surface area contributed by atoms with Gasteiger partial charge in [-0.1, -0.05) is 23.7 Å². The number of nitrogens with zero attached hydrogens (tertiary/aromatic N) is 3. The maximum absolute atomic E-state index is 12.7. The molecule has 0 aliphatic carbocycles. The van der Waals surface area contributed by atoms with Gasteiger partial charge < -0.3 is 10.4 Å². The van der Waals surface area contributed by atoms with Crippen LogP contribution < -0.4 is 21.6 Å². The molecule has 1 aromatic carbocycles. The van der Waals surface area contributed by atoms with Crippen molar-refractivity contribution < 1.29 is 10.3 Å². The van der Waals surface area contributed by atoms with Crippen molar-refractivity contribution in [2.75, 3.05) is 24.0 Å². The fourth-order valence-electron chi connectivity index (χ4n) is 2.54. The van der Waals surface area contributed by atoms with Crippen LogP contribution in [0.2, 0.25) is 5.02 Å². The lowest BCUT2D eigenvalue weighted by Gasteiger charge is -2.22. The number of benzene rings is 1. The van der Waals surface area contributed by atoms with E-state index in [1.165, 1.54) is 11.6 Å². The lowest BCUT2D eigenvalue weighted by atomic mass is 10.2. The van der Waals surface area contributed by atoms with Crippen molar-refractivity contribution >= 4 is 23.1 Å². The molecule has 1 heterocycles. The molecule has 1 aromatic heterocycles. The molecule has 0 unspecified atom stereocenters. The van der Waals surface area contributed by atoms with Crippen molar-refractivity contribution in [3.05, 3.63) is 55.7 Å². The average molecular weight is 369 g/mol. The second kappa shape index (κ2) is 8.19. The molecule has 9 heteroatoms. The second-order valence-corrected chi connectivity index (χ2v) is 5.94. The Morgan fingerprint density at radius 2 is 1.88 bits per heavy atom. The molecule has 0 bridgehead atoms. The number of nitrogens with one attached hydrogen (secondary N) is 1. The zero-order valence-corrected chi connectivity index (χ0v) is 14.8. The molecule has 3 N–H and O–H groups in total. The number of rotatable bonds is 7. The molecule has 0 aliphatic rings. The number of aliphatic hydroxyl groups excluding tert-OH is 1. The van der Waals surface area contributed by atoms with Crippen molar-refractivity contribution in [2.45, 2.75) is 19.5 Å². The predicted molar refractivity (Wildman–Crippen MR) is 96.6 cm³/mol. The van der Waals surface area contributed by atoms with Gasteiger partial charge in [0.15, 0.2) is 5.69 Å². The number of aliphatic hydroxyl groups is 1. The van der Waals surface area contributed by atoms with Crippen molar-refractivity contribution in [1.29, 1.82) is 0 Å². The van der Waals surface area contributed by atoms with Crippen LogP contribution >= 0.6 is 11.6 Å². The molecule has 136 valence electrons. The molecule has 0 atom stereocenters. The van der Waals surface area contributed by atoms with E-state index in [1.807, 2.05) is 0 Å². The van der Waals surface area contributed by atoms with E-state index >= 15 is 0 Å². The van der Waals surface area contributed by atoms with Crippen LogP contribution in [0.25, 0.3) is 0 Å². The van der Waals surface area contributed by atoms with E-state index in [4.69, 9.17) is 16.7 Å². The van der Waals surface area contributed by atoms with Crippen LogP contribution in [0, 0.1) is 0 Å². The highest BCUT2D eigenvalue weighted by atomic mass is 35.5. The molecule has 0 saturated carbocycles. The number of aromatic nitrogens is 2. The third kappa shape index (κ3) is 4.04. The number of hydrogen-bond acceptors (Lipinski definition) is 6. The molecular formula is C16H21ClN4O4. The summed E-state index contributed by atoms with van der Waals surface area (Å²) < 4.78 is 2.25. The highest BCUT2D eigenvalue weighted by Gasteiger charge is 2.21. The molecule has 25 heavy (non-hydrogen) atoms. The Balaban J connectivity index is 2.50. The summed E-state index contributed by atoms with van der Waals surface area (Å²) in [4.78, 5) is 25.1. The normalized spacial score (nSPS) is 10.8. The van der Waals surface area contributed by atoms with Gasteiger partial charge >= 0.3 is 5.69 Å². The highest BCUT2D eigenvalue weighted by Crippen LogP contribution is 2.20. The smallest absolute Gasteiger partial charge is 0.332 e. The summed E-state index contributed by atoms with van der Waals surface area (Å²) in [6, 6.07) is 6.84. The molecule has 2 aromatic rings. The minimum atomic E-state index is -0.627. The van der Waals surface area contributed by atoms with Gasteiger partial charge in [-0.3, -0.25) is 19.1 Å². The Labute approximate surface area is 149 Å². The van der Waals surface area contributed by atoms with Crippen LogP contribution in [0.5, 0.6) is 0 Å². The van der Waals surface area contributed by atoms with Gasteiger partial charge in [0.05, 0.1) is 6.54 Å². The SMILES string of the molecule is CNc1c(N(O)Cc2ccc(Cl)cc2)c(=O)n(CCCO)c(=O)n1C. The standard InChI is InChI=1S/C16H21ClN4O4/c1-18-14-13(21(25)10-11-4-6-12(17)7-5-11)15(23)20(8-3-9-22)16(24)19(14)2/h4-7,18,22,25H,3,8-10H2,1-2H3. The quantitative estimate of drug-likeness (QED) is 0.631. The van der Waals surface area contributed by atoms with E-state index in [-0.39, 0.29) is 37.6 Å². The molecule has 0 aliphatic heterocycles. The Morgan fingerprint density at radius 1 is 1.24 bits per heavy atom. The Hall–Kier alpha value is -2.29. The minimum absolute atomic E-state index is 0.0410. The molecule has 2 rings (SSSR count). The number of halogens is 1. The largest absolute Gasteiger partial charge is 0.396 e. The third-order valence-electron chi connectivity index (χ3n) is 3.81. The molecule has 0 amide bonds. The summed E-state index contributed by atoms with van der Waals surface area (Å²) in [5, 5.41) is 23.6. The lowest BCUT2D eigenvalue weighted by molar-refractivity contribution is 0.247. The Kier molecular flexibility index (Phi) is 6.24. The molecule has 0 saturated heterocycles. The van der Waals surface area contributed by atoms with E-state index in [2.05, 4.69) is 5.32 Å². The molecular weight excluding hydrogens is 348 g/mol. The number of hydrogen-bond donors (Lipinski definition) is 3. The summed E-state index contributed by atoms with van der Waals surface area (Å²) in [7, 11) is 3.06. The summed E-state index contributed by atoms with van der Waals surface area (Å²) in [6.45, 7) is -0.0423. The highest BCUT2D eigenvalue weighted by molar-refractivity contribution is 6.30. The van der Waals surface area contributed by atoms with E-state index in [9.17, 15) is 14.8 Å². The number of hydroxylamine groups is 1. The zero-order chi connectivity index (χ0) is 18.6. The van der Waals surface area contributed by atoms with Gasteiger partial charge in [0.25, 0.3) is 5.56 Å². The van der Waals surface area contributed by atoms with E-state index in [0.717, 1.165) is 15.2 Å². The van der Waals surface area contributed by atoms with Gasteiger partial charge in [-0.2, -0.15) is 0 Å². The fourth-order valence-corrected chi connectivity index (χ4v) is 2.66. The van der Waals surface area contributed by atoms with E-state index < -0.39 is 11.2 Å². The van der Waals surface area contributed by atoms with Crippen molar-refractivity contribution in [2.24, 2.45) is 7.05 Å². The first kappa shape index (κ1) is 19.0. The van der Waals surface area contributed by atoms with Crippen molar-refractivity contribution in [3.8, 4) is 0 Å². The van der Waals surface area contributed by atoms with Gasteiger partial charge in [0.1, 0.15) is 5.82 Å². The lowest BCUT2D eigenvalue weighted by Crippen LogP contribution is -2.43. The van der Waals surface area contributed by atoms with Gasteiger partial charge in [-0.25, -0.2) is 9.86 Å². The van der Waals surface area contributed by atoms with E-state index in [1.54, 1.807) is 31.3 Å². The first-order valence-electron chi connectivity index (χ1n) is 7.74. The van der Waals surface area contributed by atoms with Gasteiger partial charge in [-0.15, -0.1) is 0 Å². The maximum atomic E-state index is 12.7. The average Bonchev–Trinajstić information content (AvgIpc) is 2.59. The minimum Gasteiger partial charge on any atom is -0.396 e. The topological polar surface area (TPSA) is 99.7 Å². The van der Waals surface area contributed by atoms with Gasteiger partial charge in [0.2, 0.25) is 0 Å². The molecule has 0 fully saturated rings.